The number of ketones is 1. The molecule has 0 radical (unpaired) electrons. The third-order valence-corrected chi connectivity index (χ3v) is 3.16. The van der Waals surface area contributed by atoms with Crippen LogP contribution in [0.25, 0.3) is 0 Å². The van der Waals surface area contributed by atoms with Gasteiger partial charge in [-0.15, -0.1) is 0 Å². The first-order chi connectivity index (χ1) is 12.8. The van der Waals surface area contributed by atoms with Crippen LogP contribution in [-0.4, -0.2) is 38.1 Å². The molecular weight excluding hydrogens is 346 g/mol. The van der Waals surface area contributed by atoms with Gasteiger partial charge < -0.3 is 14.8 Å². The van der Waals surface area contributed by atoms with Gasteiger partial charge >= 0.3 is 12.1 Å². The standard InChI is InChI=1S/C16H25NO3.C3H6O2.C2H6/c1-5-8-14(6-2)12-20-16(19)17-11-13(4)9-10-15(18)7-3;1-3(4)5-2;1-2/h5-6,8,13H,1-2,7,9-12H2,3-4H3,(H,17,19);1-2H3;1-2H3/b14-8+;;. The van der Waals surface area contributed by atoms with Crippen LogP contribution in [0.1, 0.15) is 53.9 Å². The summed E-state index contributed by atoms with van der Waals surface area (Å²) < 4.78 is 9.15. The molecule has 0 aliphatic rings. The quantitative estimate of drug-likeness (QED) is 0.440. The van der Waals surface area contributed by atoms with E-state index in [0.717, 1.165) is 12.0 Å². The van der Waals surface area contributed by atoms with Crippen LogP contribution >= 0.6 is 0 Å². The molecule has 0 saturated carbocycles. The second kappa shape index (κ2) is 21.7. The molecule has 1 amide bonds. The number of carbonyl (C=O) groups is 3. The predicted octanol–water partition coefficient (Wildman–Crippen LogP) is 4.61. The van der Waals surface area contributed by atoms with Gasteiger partial charge in [-0.25, -0.2) is 4.79 Å². The molecule has 0 fully saturated rings. The van der Waals surface area contributed by atoms with Gasteiger partial charge in [0.15, 0.2) is 0 Å². The van der Waals surface area contributed by atoms with Crippen LogP contribution in [0.15, 0.2) is 37.0 Å². The van der Waals surface area contributed by atoms with Crippen LogP contribution in [0.3, 0.4) is 0 Å². The van der Waals surface area contributed by atoms with E-state index in [1.165, 1.54) is 14.0 Å². The highest BCUT2D eigenvalue weighted by Crippen LogP contribution is 2.06. The molecule has 6 heteroatoms. The van der Waals surface area contributed by atoms with Crippen LogP contribution in [0.2, 0.25) is 0 Å². The van der Waals surface area contributed by atoms with E-state index in [1.54, 1.807) is 18.2 Å². The zero-order valence-corrected chi connectivity index (χ0v) is 17.8. The third kappa shape index (κ3) is 23.6. The van der Waals surface area contributed by atoms with Gasteiger partial charge in [-0.2, -0.15) is 0 Å². The molecule has 0 aromatic rings. The number of alkyl carbamates (subject to hydrolysis) is 1. The van der Waals surface area contributed by atoms with E-state index in [1.807, 2.05) is 27.7 Å². The fourth-order valence-electron chi connectivity index (χ4n) is 1.47. The Morgan fingerprint density at radius 1 is 1.19 bits per heavy atom. The SMILES string of the molecule is C=C/C=C(\C=C)COC(=O)NCC(C)CCC(=O)CC.CC.COC(C)=O. The van der Waals surface area contributed by atoms with Crippen LogP contribution < -0.4 is 5.32 Å². The Morgan fingerprint density at radius 2 is 1.74 bits per heavy atom. The molecule has 1 N–H and O–H groups in total. The lowest BCUT2D eigenvalue weighted by molar-refractivity contribution is -0.137. The van der Waals surface area contributed by atoms with Crippen molar-refractivity contribution in [3.63, 3.8) is 0 Å². The molecule has 0 saturated heterocycles. The maximum absolute atomic E-state index is 11.5. The first-order valence-corrected chi connectivity index (χ1v) is 9.21. The monoisotopic (exact) mass is 383 g/mol. The molecular formula is C21H37NO5. The average Bonchev–Trinajstić information content (AvgIpc) is 2.69. The molecule has 0 aliphatic carbocycles. The summed E-state index contributed by atoms with van der Waals surface area (Å²) in [5.41, 5.74) is 0.789. The first kappa shape index (κ1) is 29.4. The second-order valence-electron chi connectivity index (χ2n) is 5.37. The third-order valence-electron chi connectivity index (χ3n) is 3.16. The van der Waals surface area contributed by atoms with Crippen molar-refractivity contribution in [1.29, 1.82) is 0 Å². The van der Waals surface area contributed by atoms with E-state index in [4.69, 9.17) is 4.74 Å². The molecule has 0 aromatic carbocycles. The number of ether oxygens (including phenoxy) is 2. The Kier molecular flexibility index (Phi) is 23.6. The highest BCUT2D eigenvalue weighted by atomic mass is 16.5. The average molecular weight is 384 g/mol. The first-order valence-electron chi connectivity index (χ1n) is 9.21. The maximum Gasteiger partial charge on any atom is 0.407 e. The highest BCUT2D eigenvalue weighted by Gasteiger charge is 2.08. The number of methoxy groups -OCH3 is 1. The summed E-state index contributed by atoms with van der Waals surface area (Å²) in [6.45, 7) is 17.1. The van der Waals surface area contributed by atoms with Crippen molar-refractivity contribution in [3.05, 3.63) is 37.0 Å². The molecule has 0 heterocycles. The lowest BCUT2D eigenvalue weighted by Crippen LogP contribution is -2.29. The van der Waals surface area contributed by atoms with Crippen LogP contribution in [0.5, 0.6) is 0 Å². The van der Waals surface area contributed by atoms with E-state index in [0.29, 0.717) is 19.4 Å². The van der Waals surface area contributed by atoms with Crippen LogP contribution in [0.4, 0.5) is 4.79 Å². The molecule has 0 aromatic heterocycles. The van der Waals surface area contributed by atoms with E-state index >= 15 is 0 Å². The summed E-state index contributed by atoms with van der Waals surface area (Å²) in [6.07, 6.45) is 6.43. The second-order valence-corrected chi connectivity index (χ2v) is 5.37. The fraction of sp³-hybridized carbons (Fsp3) is 0.571. The summed E-state index contributed by atoms with van der Waals surface area (Å²) in [5.74, 6) is 0.259. The van der Waals surface area contributed by atoms with Crippen molar-refractivity contribution < 1.29 is 23.9 Å². The molecule has 0 bridgehead atoms. The molecule has 0 spiro atoms. The van der Waals surface area contributed by atoms with Gasteiger partial charge in [0.25, 0.3) is 0 Å². The summed E-state index contributed by atoms with van der Waals surface area (Å²) >= 11 is 0. The zero-order valence-electron chi connectivity index (χ0n) is 17.8. The van der Waals surface area contributed by atoms with E-state index in [2.05, 4.69) is 23.2 Å². The minimum Gasteiger partial charge on any atom is -0.469 e. The van der Waals surface area contributed by atoms with Gasteiger partial charge in [0.2, 0.25) is 0 Å². The van der Waals surface area contributed by atoms with Crippen molar-refractivity contribution in [2.75, 3.05) is 20.3 Å². The molecule has 1 unspecified atom stereocenters. The number of nitrogens with one attached hydrogen (secondary N) is 1. The van der Waals surface area contributed by atoms with Gasteiger partial charge in [-0.3, -0.25) is 9.59 Å². The minimum atomic E-state index is -0.463. The van der Waals surface area contributed by atoms with Gasteiger partial charge in [-0.1, -0.05) is 59.1 Å². The number of hydrogen-bond donors (Lipinski definition) is 1. The van der Waals surface area contributed by atoms with E-state index < -0.39 is 6.09 Å². The Hall–Kier alpha value is -2.37. The number of Topliss-reactive ketones (excluding diaryl/α,β-unsaturated/α-hetero) is 1. The molecule has 1 atom stereocenters. The molecule has 6 nitrogen and oxygen atoms in total. The molecule has 0 rings (SSSR count). The number of allylic oxidation sites excluding steroid dienone is 2. The lowest BCUT2D eigenvalue weighted by atomic mass is 10.0. The largest absolute Gasteiger partial charge is 0.469 e. The van der Waals surface area contributed by atoms with Crippen LogP contribution in [-0.2, 0) is 19.1 Å². The summed E-state index contributed by atoms with van der Waals surface area (Å²) in [5, 5.41) is 2.69. The Balaban J connectivity index is -0.000000705. The van der Waals surface area contributed by atoms with Crippen LogP contribution in [0, 0.1) is 5.92 Å². The lowest BCUT2D eigenvalue weighted by Gasteiger charge is -2.12. The van der Waals surface area contributed by atoms with E-state index in [9.17, 15) is 14.4 Å². The van der Waals surface area contributed by atoms with Crippen molar-refractivity contribution in [1.82, 2.24) is 5.32 Å². The zero-order chi connectivity index (χ0) is 21.7. The Labute approximate surface area is 164 Å². The van der Waals surface area contributed by atoms with E-state index in [-0.39, 0.29) is 24.3 Å². The van der Waals surface area contributed by atoms with Gasteiger partial charge in [-0.05, 0) is 17.9 Å². The smallest absolute Gasteiger partial charge is 0.407 e. The van der Waals surface area contributed by atoms with Crippen molar-refractivity contribution >= 4 is 17.8 Å². The minimum absolute atomic E-state index is 0.171. The Bertz CT molecular complexity index is 469. The summed E-state index contributed by atoms with van der Waals surface area (Å²) in [4.78, 5) is 32.3. The number of hydrogen-bond acceptors (Lipinski definition) is 5. The number of rotatable bonds is 10. The number of carbonyl (C=O) groups excluding carboxylic acids is 3. The predicted molar refractivity (Wildman–Crippen MR) is 111 cm³/mol. The topological polar surface area (TPSA) is 81.7 Å². The summed E-state index contributed by atoms with van der Waals surface area (Å²) in [6, 6.07) is 0. The molecule has 156 valence electrons. The van der Waals surface area contributed by atoms with Crippen molar-refractivity contribution in [2.45, 2.75) is 53.9 Å². The van der Waals surface area contributed by atoms with Gasteiger partial charge in [0, 0.05) is 26.3 Å². The van der Waals surface area contributed by atoms with Gasteiger partial charge in [0.1, 0.15) is 12.4 Å². The maximum atomic E-state index is 11.5. The van der Waals surface area contributed by atoms with Gasteiger partial charge in [0.05, 0.1) is 7.11 Å². The normalized spacial score (nSPS) is 10.7. The number of amides is 1. The molecule has 27 heavy (non-hydrogen) atoms. The molecule has 0 aliphatic heterocycles. The van der Waals surface area contributed by atoms with Crippen molar-refractivity contribution in [3.8, 4) is 0 Å². The van der Waals surface area contributed by atoms with Crippen molar-refractivity contribution in [2.24, 2.45) is 5.92 Å². The fourth-order valence-corrected chi connectivity index (χ4v) is 1.47. The highest BCUT2D eigenvalue weighted by molar-refractivity contribution is 5.77. The Morgan fingerprint density at radius 3 is 2.15 bits per heavy atom. The summed E-state index contributed by atoms with van der Waals surface area (Å²) in [7, 11) is 1.35. The number of esters is 1.